The van der Waals surface area contributed by atoms with E-state index in [-0.39, 0.29) is 0 Å². The van der Waals surface area contributed by atoms with Crippen molar-refractivity contribution in [3.8, 4) is 0 Å². The molecule has 0 amide bonds. The van der Waals surface area contributed by atoms with Gasteiger partial charge in [0.25, 0.3) is 0 Å². The molecule has 17 heavy (non-hydrogen) atoms. The first-order valence-electron chi connectivity index (χ1n) is 6.89. The Labute approximate surface area is 110 Å². The van der Waals surface area contributed by atoms with E-state index in [0.717, 1.165) is 38.7 Å². The van der Waals surface area contributed by atoms with Gasteiger partial charge in [0.2, 0.25) is 0 Å². The van der Waals surface area contributed by atoms with E-state index in [9.17, 15) is 0 Å². The minimum Gasteiger partial charge on any atom is -0.374 e. The first-order valence-corrected chi connectivity index (χ1v) is 7.32. The van der Waals surface area contributed by atoms with E-state index >= 15 is 0 Å². The van der Waals surface area contributed by atoms with Crippen molar-refractivity contribution in [2.75, 3.05) is 39.8 Å². The lowest BCUT2D eigenvalue weighted by Gasteiger charge is -2.31. The second-order valence-electron chi connectivity index (χ2n) is 5.54. The van der Waals surface area contributed by atoms with Crippen LogP contribution in [0, 0.1) is 5.92 Å². The maximum atomic E-state index is 6.20. The smallest absolute Gasteiger partial charge is 0.0826 e. The Morgan fingerprint density at radius 2 is 2.24 bits per heavy atom. The summed E-state index contributed by atoms with van der Waals surface area (Å²) in [6.07, 6.45) is 5.38. The lowest BCUT2D eigenvalue weighted by atomic mass is 9.89. The van der Waals surface area contributed by atoms with Crippen LogP contribution in [0.25, 0.3) is 0 Å². The number of halogens is 1. The summed E-state index contributed by atoms with van der Waals surface area (Å²) in [6.45, 7) is 5.07. The molecule has 3 nitrogen and oxygen atoms in total. The predicted octanol–water partition coefficient (Wildman–Crippen LogP) is 1.70. The number of likely N-dealkylation sites (N-methyl/N-ethyl adjacent to an activating group) is 1. The standard InChI is InChI=1S/C13H25ClN2O/c1-16-5-6-17-13(10-16)9-15-8-11-3-2-4-12(14)7-11/h11-13,15H,2-10H2,1H3. The molecule has 1 aliphatic heterocycles. The zero-order valence-electron chi connectivity index (χ0n) is 10.8. The van der Waals surface area contributed by atoms with Crippen molar-refractivity contribution in [3.05, 3.63) is 0 Å². The molecule has 4 heteroatoms. The summed E-state index contributed by atoms with van der Waals surface area (Å²) in [6, 6.07) is 0. The molecule has 1 saturated heterocycles. The second-order valence-corrected chi connectivity index (χ2v) is 6.16. The van der Waals surface area contributed by atoms with Crippen molar-refractivity contribution >= 4 is 11.6 Å². The fourth-order valence-electron chi connectivity index (χ4n) is 2.85. The van der Waals surface area contributed by atoms with Crippen LogP contribution in [0.4, 0.5) is 0 Å². The van der Waals surface area contributed by atoms with Crippen LogP contribution in [0.2, 0.25) is 0 Å². The van der Waals surface area contributed by atoms with Crippen molar-refractivity contribution in [1.29, 1.82) is 0 Å². The first kappa shape index (κ1) is 13.6. The number of nitrogens with zero attached hydrogens (tertiary/aromatic N) is 1. The van der Waals surface area contributed by atoms with Gasteiger partial charge in [-0.3, -0.25) is 0 Å². The monoisotopic (exact) mass is 260 g/mol. The van der Waals surface area contributed by atoms with Crippen molar-refractivity contribution in [2.45, 2.75) is 37.2 Å². The van der Waals surface area contributed by atoms with Gasteiger partial charge in [-0.15, -0.1) is 11.6 Å². The number of rotatable bonds is 4. The number of hydrogen-bond acceptors (Lipinski definition) is 3. The van der Waals surface area contributed by atoms with Crippen LogP contribution >= 0.6 is 11.6 Å². The van der Waals surface area contributed by atoms with Crippen LogP contribution in [0.1, 0.15) is 25.7 Å². The average molecular weight is 261 g/mol. The highest BCUT2D eigenvalue weighted by molar-refractivity contribution is 6.20. The number of ether oxygens (including phenoxy) is 1. The zero-order valence-corrected chi connectivity index (χ0v) is 11.6. The lowest BCUT2D eigenvalue weighted by molar-refractivity contribution is -0.0185. The molecule has 2 rings (SSSR count). The fourth-order valence-corrected chi connectivity index (χ4v) is 3.26. The average Bonchev–Trinajstić information content (AvgIpc) is 2.29. The van der Waals surface area contributed by atoms with E-state index in [4.69, 9.17) is 16.3 Å². The Hall–Kier alpha value is 0.170. The number of hydrogen-bond donors (Lipinski definition) is 1. The number of nitrogens with one attached hydrogen (secondary N) is 1. The molecule has 2 aliphatic rings. The highest BCUT2D eigenvalue weighted by atomic mass is 35.5. The van der Waals surface area contributed by atoms with E-state index in [1.807, 2.05) is 0 Å². The molecule has 0 bridgehead atoms. The maximum absolute atomic E-state index is 6.20. The van der Waals surface area contributed by atoms with Crippen LogP contribution in [0.5, 0.6) is 0 Å². The Kier molecular flexibility index (Phi) is 5.54. The molecule has 1 heterocycles. The summed E-state index contributed by atoms with van der Waals surface area (Å²) in [5.74, 6) is 0.771. The summed E-state index contributed by atoms with van der Waals surface area (Å²) in [4.78, 5) is 2.34. The van der Waals surface area contributed by atoms with Crippen molar-refractivity contribution in [3.63, 3.8) is 0 Å². The fraction of sp³-hybridized carbons (Fsp3) is 1.00. The molecule has 3 unspecified atom stereocenters. The van der Waals surface area contributed by atoms with E-state index < -0.39 is 0 Å². The highest BCUT2D eigenvalue weighted by Gasteiger charge is 2.21. The van der Waals surface area contributed by atoms with Gasteiger partial charge in [-0.25, -0.2) is 0 Å². The molecule has 0 spiro atoms. The molecule has 1 saturated carbocycles. The minimum absolute atomic E-state index is 0.365. The topological polar surface area (TPSA) is 24.5 Å². The molecule has 100 valence electrons. The van der Waals surface area contributed by atoms with Crippen molar-refractivity contribution in [1.82, 2.24) is 10.2 Å². The Balaban J connectivity index is 1.58. The normalized spacial score (nSPS) is 36.0. The van der Waals surface area contributed by atoms with E-state index in [2.05, 4.69) is 17.3 Å². The van der Waals surface area contributed by atoms with Crippen molar-refractivity contribution < 1.29 is 4.74 Å². The summed E-state index contributed by atoms with van der Waals surface area (Å²) in [5, 5.41) is 3.97. The number of alkyl halides is 1. The third kappa shape index (κ3) is 4.74. The third-order valence-corrected chi connectivity index (χ3v) is 4.26. The van der Waals surface area contributed by atoms with Gasteiger partial charge < -0.3 is 15.0 Å². The molecular weight excluding hydrogens is 236 g/mol. The molecule has 0 aromatic carbocycles. The SMILES string of the molecule is CN1CCOC(CNCC2CCCC(Cl)C2)C1. The van der Waals surface area contributed by atoms with Gasteiger partial charge >= 0.3 is 0 Å². The molecule has 0 aromatic rings. The third-order valence-electron chi connectivity index (χ3n) is 3.87. The van der Waals surface area contributed by atoms with E-state index in [1.165, 1.54) is 25.7 Å². The molecule has 1 N–H and O–H groups in total. The molecular formula is C13H25ClN2O. The van der Waals surface area contributed by atoms with Crippen LogP contribution in [0.15, 0.2) is 0 Å². The molecule has 0 aromatic heterocycles. The van der Waals surface area contributed by atoms with Gasteiger partial charge in [-0.2, -0.15) is 0 Å². The van der Waals surface area contributed by atoms with E-state index in [1.54, 1.807) is 0 Å². The van der Waals surface area contributed by atoms with Crippen molar-refractivity contribution in [2.24, 2.45) is 5.92 Å². The van der Waals surface area contributed by atoms with Gasteiger partial charge in [-0.05, 0) is 38.8 Å². The quantitative estimate of drug-likeness (QED) is 0.779. The summed E-state index contributed by atoms with van der Waals surface area (Å²) < 4.78 is 5.73. The lowest BCUT2D eigenvalue weighted by Crippen LogP contribution is -2.45. The highest BCUT2D eigenvalue weighted by Crippen LogP contribution is 2.27. The van der Waals surface area contributed by atoms with Gasteiger partial charge in [0.15, 0.2) is 0 Å². The first-order chi connectivity index (χ1) is 8.24. The summed E-state index contributed by atoms with van der Waals surface area (Å²) in [5.41, 5.74) is 0. The Bertz CT molecular complexity index is 205. The number of morpholine rings is 1. The van der Waals surface area contributed by atoms with E-state index in [0.29, 0.717) is 11.5 Å². The largest absolute Gasteiger partial charge is 0.374 e. The van der Waals surface area contributed by atoms with Gasteiger partial charge in [-0.1, -0.05) is 6.42 Å². The molecule has 2 fully saturated rings. The van der Waals surface area contributed by atoms with Gasteiger partial charge in [0.1, 0.15) is 0 Å². The molecule has 0 radical (unpaired) electrons. The summed E-state index contributed by atoms with van der Waals surface area (Å²) >= 11 is 6.20. The Morgan fingerprint density at radius 1 is 1.35 bits per heavy atom. The van der Waals surface area contributed by atoms with Gasteiger partial charge in [0, 0.05) is 25.0 Å². The van der Waals surface area contributed by atoms with Gasteiger partial charge in [0.05, 0.1) is 12.7 Å². The Morgan fingerprint density at radius 3 is 3.00 bits per heavy atom. The zero-order chi connectivity index (χ0) is 12.1. The summed E-state index contributed by atoms with van der Waals surface area (Å²) in [7, 11) is 2.16. The second kappa shape index (κ2) is 6.93. The molecule has 1 aliphatic carbocycles. The van der Waals surface area contributed by atoms with Crippen LogP contribution in [0.3, 0.4) is 0 Å². The maximum Gasteiger partial charge on any atom is 0.0826 e. The van der Waals surface area contributed by atoms with Crippen LogP contribution < -0.4 is 5.32 Å². The predicted molar refractivity (Wildman–Crippen MR) is 71.7 cm³/mol. The minimum atomic E-state index is 0.365. The van der Waals surface area contributed by atoms with Crippen LogP contribution in [-0.2, 0) is 4.74 Å². The molecule has 3 atom stereocenters. The van der Waals surface area contributed by atoms with Crippen LogP contribution in [-0.4, -0.2) is 56.2 Å².